The summed E-state index contributed by atoms with van der Waals surface area (Å²) in [5.74, 6) is 0. The minimum atomic E-state index is 0.0198. The van der Waals surface area contributed by atoms with E-state index in [2.05, 4.69) is 65.4 Å². The van der Waals surface area contributed by atoms with Crippen molar-refractivity contribution in [2.75, 3.05) is 51.7 Å². The first-order valence-electron chi connectivity index (χ1n) is 10.0. The Morgan fingerprint density at radius 2 is 1.71 bits per heavy atom. The van der Waals surface area contributed by atoms with Crippen molar-refractivity contribution in [3.8, 4) is 0 Å². The second-order valence-corrected chi connectivity index (χ2v) is 7.44. The number of hydrogen-bond donors (Lipinski definition) is 1. The summed E-state index contributed by atoms with van der Waals surface area (Å²) in [7, 11) is 4.11. The molecule has 1 aliphatic heterocycles. The fraction of sp³-hybridized carbons (Fsp3) is 0.455. The Hall–Kier alpha value is -2.60. The standard InChI is InChI=1S/C22H31N5O/c1-4-18-5-7-19(8-6-18)21(25(2)3)17-24-22(28)27-15-13-26(14-16-27)20-9-11-23-12-10-20/h5-12,21H,4,13-17H2,1-3H3,(H,24,28). The molecule has 1 N–H and O–H groups in total. The number of rotatable bonds is 6. The van der Waals surface area contributed by atoms with Gasteiger partial charge in [0, 0.05) is 50.8 Å². The van der Waals surface area contributed by atoms with Gasteiger partial charge in [-0.3, -0.25) is 4.98 Å². The Kier molecular flexibility index (Phi) is 6.87. The number of carbonyl (C=O) groups excluding carboxylic acids is 1. The molecule has 1 unspecified atom stereocenters. The highest BCUT2D eigenvalue weighted by atomic mass is 16.2. The number of anilines is 1. The third kappa shape index (κ3) is 5.01. The molecule has 6 heteroatoms. The molecule has 1 atom stereocenters. The Balaban J connectivity index is 1.52. The van der Waals surface area contributed by atoms with Crippen LogP contribution in [0.5, 0.6) is 0 Å². The molecule has 150 valence electrons. The maximum absolute atomic E-state index is 12.7. The predicted octanol–water partition coefficient (Wildman–Crippen LogP) is 2.78. The van der Waals surface area contributed by atoms with Gasteiger partial charge in [-0.25, -0.2) is 4.79 Å². The van der Waals surface area contributed by atoms with Gasteiger partial charge in [-0.1, -0.05) is 31.2 Å². The third-order valence-corrected chi connectivity index (χ3v) is 5.44. The van der Waals surface area contributed by atoms with E-state index in [4.69, 9.17) is 0 Å². The zero-order chi connectivity index (χ0) is 19.9. The molecule has 28 heavy (non-hydrogen) atoms. The van der Waals surface area contributed by atoms with Gasteiger partial charge in [0.2, 0.25) is 0 Å². The minimum absolute atomic E-state index is 0.0198. The van der Waals surface area contributed by atoms with E-state index in [1.54, 1.807) is 0 Å². The number of likely N-dealkylation sites (N-methyl/N-ethyl adjacent to an activating group) is 1. The maximum Gasteiger partial charge on any atom is 0.317 e. The Labute approximate surface area is 168 Å². The van der Waals surface area contributed by atoms with Crippen LogP contribution >= 0.6 is 0 Å². The quantitative estimate of drug-likeness (QED) is 0.836. The molecule has 0 spiro atoms. The lowest BCUT2D eigenvalue weighted by Gasteiger charge is -2.36. The number of aryl methyl sites for hydroxylation is 1. The number of urea groups is 1. The fourth-order valence-corrected chi connectivity index (χ4v) is 3.59. The number of benzene rings is 1. The van der Waals surface area contributed by atoms with Crippen molar-refractivity contribution in [2.24, 2.45) is 0 Å². The third-order valence-electron chi connectivity index (χ3n) is 5.44. The molecular weight excluding hydrogens is 350 g/mol. The normalized spacial score (nSPS) is 15.6. The summed E-state index contributed by atoms with van der Waals surface area (Å²) in [6.07, 6.45) is 4.65. The van der Waals surface area contributed by atoms with Crippen LogP contribution in [0.15, 0.2) is 48.8 Å². The number of piperazine rings is 1. The maximum atomic E-state index is 12.7. The van der Waals surface area contributed by atoms with Crippen LogP contribution in [0, 0.1) is 0 Å². The number of carbonyl (C=O) groups is 1. The van der Waals surface area contributed by atoms with Crippen LogP contribution in [-0.2, 0) is 6.42 Å². The molecular formula is C22H31N5O. The van der Waals surface area contributed by atoms with Crippen molar-refractivity contribution >= 4 is 11.7 Å². The molecule has 1 aromatic heterocycles. The van der Waals surface area contributed by atoms with E-state index in [1.807, 2.05) is 29.4 Å². The molecule has 1 saturated heterocycles. The van der Waals surface area contributed by atoms with E-state index in [0.29, 0.717) is 6.54 Å². The Bertz CT molecular complexity index is 739. The molecule has 2 aromatic rings. The van der Waals surface area contributed by atoms with E-state index in [0.717, 1.165) is 32.6 Å². The van der Waals surface area contributed by atoms with E-state index in [-0.39, 0.29) is 12.1 Å². The molecule has 0 radical (unpaired) electrons. The molecule has 6 nitrogen and oxygen atoms in total. The zero-order valence-corrected chi connectivity index (χ0v) is 17.1. The number of aromatic nitrogens is 1. The van der Waals surface area contributed by atoms with Gasteiger partial charge in [-0.15, -0.1) is 0 Å². The Morgan fingerprint density at radius 3 is 2.29 bits per heavy atom. The van der Waals surface area contributed by atoms with E-state index < -0.39 is 0 Å². The van der Waals surface area contributed by atoms with Crippen LogP contribution in [0.25, 0.3) is 0 Å². The van der Waals surface area contributed by atoms with Gasteiger partial charge in [-0.2, -0.15) is 0 Å². The van der Waals surface area contributed by atoms with Gasteiger partial charge in [0.25, 0.3) is 0 Å². The van der Waals surface area contributed by atoms with Gasteiger partial charge in [0.05, 0.1) is 6.04 Å². The van der Waals surface area contributed by atoms with E-state index in [9.17, 15) is 4.79 Å². The van der Waals surface area contributed by atoms with E-state index >= 15 is 0 Å². The first kappa shape index (κ1) is 20.1. The monoisotopic (exact) mass is 381 g/mol. The molecule has 1 aromatic carbocycles. The lowest BCUT2D eigenvalue weighted by atomic mass is 10.0. The zero-order valence-electron chi connectivity index (χ0n) is 17.1. The largest absolute Gasteiger partial charge is 0.368 e. The highest BCUT2D eigenvalue weighted by Gasteiger charge is 2.22. The summed E-state index contributed by atoms with van der Waals surface area (Å²) in [6, 6.07) is 12.9. The van der Waals surface area contributed by atoms with Crippen LogP contribution < -0.4 is 10.2 Å². The highest BCUT2D eigenvalue weighted by molar-refractivity contribution is 5.74. The summed E-state index contributed by atoms with van der Waals surface area (Å²) in [5, 5.41) is 3.13. The van der Waals surface area contributed by atoms with Gasteiger partial charge in [0.15, 0.2) is 0 Å². The molecule has 3 rings (SSSR count). The lowest BCUT2D eigenvalue weighted by molar-refractivity contribution is 0.189. The summed E-state index contributed by atoms with van der Waals surface area (Å²) in [4.78, 5) is 23.1. The second-order valence-electron chi connectivity index (χ2n) is 7.44. The van der Waals surface area contributed by atoms with Crippen molar-refractivity contribution in [2.45, 2.75) is 19.4 Å². The van der Waals surface area contributed by atoms with Crippen molar-refractivity contribution in [3.63, 3.8) is 0 Å². The SMILES string of the molecule is CCc1ccc(C(CNC(=O)N2CCN(c3ccncc3)CC2)N(C)C)cc1. The summed E-state index contributed by atoms with van der Waals surface area (Å²) in [6.45, 7) is 5.90. The lowest BCUT2D eigenvalue weighted by Crippen LogP contribution is -2.52. The Morgan fingerprint density at radius 1 is 1.07 bits per heavy atom. The molecule has 0 saturated carbocycles. The molecule has 1 fully saturated rings. The number of nitrogens with zero attached hydrogens (tertiary/aromatic N) is 4. The van der Waals surface area contributed by atoms with Crippen LogP contribution in [-0.4, -0.2) is 67.6 Å². The van der Waals surface area contributed by atoms with Crippen LogP contribution in [0.2, 0.25) is 0 Å². The van der Waals surface area contributed by atoms with Gasteiger partial charge >= 0.3 is 6.03 Å². The molecule has 2 heterocycles. The summed E-state index contributed by atoms with van der Waals surface area (Å²) >= 11 is 0. The topological polar surface area (TPSA) is 51.7 Å². The molecule has 2 amide bonds. The number of amides is 2. The van der Waals surface area contributed by atoms with Gasteiger partial charge in [0.1, 0.15) is 0 Å². The fourth-order valence-electron chi connectivity index (χ4n) is 3.59. The van der Waals surface area contributed by atoms with Crippen molar-refractivity contribution in [3.05, 3.63) is 59.9 Å². The van der Waals surface area contributed by atoms with Gasteiger partial charge in [-0.05, 0) is 43.8 Å². The van der Waals surface area contributed by atoms with Gasteiger partial charge < -0.3 is 20.0 Å². The average Bonchev–Trinajstić information content (AvgIpc) is 2.74. The van der Waals surface area contributed by atoms with Crippen molar-refractivity contribution in [1.29, 1.82) is 0 Å². The molecule has 1 aliphatic rings. The average molecular weight is 382 g/mol. The summed E-state index contributed by atoms with van der Waals surface area (Å²) < 4.78 is 0. The highest BCUT2D eigenvalue weighted by Crippen LogP contribution is 2.19. The summed E-state index contributed by atoms with van der Waals surface area (Å²) in [5.41, 5.74) is 3.72. The number of nitrogens with one attached hydrogen (secondary N) is 1. The number of pyridine rings is 1. The smallest absolute Gasteiger partial charge is 0.317 e. The van der Waals surface area contributed by atoms with Crippen LogP contribution in [0.3, 0.4) is 0 Å². The predicted molar refractivity (Wildman–Crippen MR) is 114 cm³/mol. The minimum Gasteiger partial charge on any atom is -0.368 e. The molecule has 0 aliphatic carbocycles. The van der Waals surface area contributed by atoms with Crippen molar-refractivity contribution < 1.29 is 4.79 Å². The van der Waals surface area contributed by atoms with E-state index in [1.165, 1.54) is 16.8 Å². The van der Waals surface area contributed by atoms with Crippen molar-refractivity contribution in [1.82, 2.24) is 20.1 Å². The first-order chi connectivity index (χ1) is 13.6. The molecule has 0 bridgehead atoms. The number of hydrogen-bond acceptors (Lipinski definition) is 4. The first-order valence-corrected chi connectivity index (χ1v) is 10.0. The van der Waals surface area contributed by atoms with Crippen LogP contribution in [0.4, 0.5) is 10.5 Å². The second kappa shape index (κ2) is 9.55. The van der Waals surface area contributed by atoms with Crippen LogP contribution in [0.1, 0.15) is 24.1 Å².